The zero-order chi connectivity index (χ0) is 37.7. The van der Waals surface area contributed by atoms with Crippen molar-refractivity contribution in [3.8, 4) is 17.2 Å². The number of azo groups is 1. The number of amides is 2. The van der Waals surface area contributed by atoms with Crippen LogP contribution >= 0.6 is 12.0 Å². The zero-order valence-electron chi connectivity index (χ0n) is 30.0. The van der Waals surface area contributed by atoms with Gasteiger partial charge in [0.2, 0.25) is 12.0 Å². The summed E-state index contributed by atoms with van der Waals surface area (Å²) in [6.45, 7) is 7.93. The van der Waals surface area contributed by atoms with Gasteiger partial charge in [-0.1, -0.05) is 26.8 Å². The normalized spacial score (nSPS) is 12.0. The van der Waals surface area contributed by atoms with E-state index in [1.165, 1.54) is 37.4 Å². The van der Waals surface area contributed by atoms with Gasteiger partial charge in [-0.2, -0.15) is 9.45 Å². The van der Waals surface area contributed by atoms with E-state index in [1.807, 2.05) is 6.92 Å². The van der Waals surface area contributed by atoms with Gasteiger partial charge in [0.1, 0.15) is 27.3 Å². The van der Waals surface area contributed by atoms with Gasteiger partial charge >= 0.3 is 59.1 Å². The Labute approximate surface area is 353 Å². The van der Waals surface area contributed by atoms with Crippen LogP contribution in [0.3, 0.4) is 0 Å². The Balaban J connectivity index is 0.00000486. The van der Waals surface area contributed by atoms with Crippen LogP contribution in [0.15, 0.2) is 80.7 Å². The molecule has 0 saturated carbocycles. The summed E-state index contributed by atoms with van der Waals surface area (Å²) in [5.41, 5.74) is -0.0475. The number of carbonyl (C=O) groups is 3. The molecule has 0 radical (unpaired) electrons. The summed E-state index contributed by atoms with van der Waals surface area (Å²) in [5.74, 6) is -1.94. The molecular formula is C33H32N4Na2O12S2. The number of aryl methyl sites for hydroxylation is 1. The van der Waals surface area contributed by atoms with Gasteiger partial charge < -0.3 is 35.0 Å². The Bertz CT molecular complexity index is 2130. The number of phenols is 1. The minimum atomic E-state index is -4.99. The second kappa shape index (κ2) is 19.5. The second-order valence-electron chi connectivity index (χ2n) is 12.0. The predicted molar refractivity (Wildman–Crippen MR) is 182 cm³/mol. The molecule has 53 heavy (non-hydrogen) atoms. The van der Waals surface area contributed by atoms with Crippen molar-refractivity contribution in [3.05, 3.63) is 66.2 Å². The van der Waals surface area contributed by atoms with Gasteiger partial charge in [-0.15, -0.1) is 5.11 Å². The molecule has 3 N–H and O–H groups in total. The quantitative estimate of drug-likeness (QED) is 0.0292. The predicted octanol–water partition coefficient (Wildman–Crippen LogP) is -0.620. The molecule has 0 aromatic heterocycles. The van der Waals surface area contributed by atoms with Gasteiger partial charge in [-0.25, -0.2) is 8.42 Å². The van der Waals surface area contributed by atoms with Gasteiger partial charge in [0.15, 0.2) is 11.5 Å². The van der Waals surface area contributed by atoms with Crippen molar-refractivity contribution in [1.29, 1.82) is 0 Å². The molecular weight excluding hydrogens is 754 g/mol. The number of Topliss-reactive ketones (excluding diaryl/α,β-unsaturated/α-hetero) is 1. The van der Waals surface area contributed by atoms with Crippen LogP contribution in [0.25, 0.3) is 10.8 Å². The van der Waals surface area contributed by atoms with Crippen molar-refractivity contribution < 1.29 is 116 Å². The van der Waals surface area contributed by atoms with Crippen LogP contribution in [0.5, 0.6) is 17.2 Å². The molecule has 4 aromatic carbocycles. The Morgan fingerprint density at radius 1 is 0.943 bits per heavy atom. The Kier molecular flexibility index (Phi) is 16.9. The van der Waals surface area contributed by atoms with E-state index in [4.69, 9.17) is 9.47 Å². The third-order valence-electron chi connectivity index (χ3n) is 7.06. The van der Waals surface area contributed by atoms with Gasteiger partial charge in [-0.3, -0.25) is 19.4 Å². The van der Waals surface area contributed by atoms with E-state index in [0.29, 0.717) is 23.5 Å². The number of aromatic hydroxyl groups is 1. The van der Waals surface area contributed by atoms with E-state index >= 15 is 0 Å². The zero-order valence-corrected chi connectivity index (χ0v) is 35.6. The fraction of sp³-hybridized carbons (Fsp3) is 0.242. The van der Waals surface area contributed by atoms with Crippen molar-refractivity contribution in [3.63, 3.8) is 0 Å². The van der Waals surface area contributed by atoms with Crippen LogP contribution in [-0.4, -0.2) is 48.9 Å². The summed E-state index contributed by atoms with van der Waals surface area (Å²) in [7, 11) is -3.54. The number of benzene rings is 4. The fourth-order valence-corrected chi connectivity index (χ4v) is 5.70. The molecule has 1 atom stereocenters. The van der Waals surface area contributed by atoms with Crippen molar-refractivity contribution in [2.75, 3.05) is 17.7 Å². The topological polar surface area (TPSA) is 237 Å². The Hall–Kier alpha value is -3.11. The molecule has 0 spiro atoms. The van der Waals surface area contributed by atoms with E-state index in [0.717, 1.165) is 24.6 Å². The largest absolute Gasteiger partial charge is 1.00 e. The average molecular weight is 787 g/mol. The summed E-state index contributed by atoms with van der Waals surface area (Å²) < 4.78 is 51.0. The van der Waals surface area contributed by atoms with Crippen LogP contribution in [0, 0.1) is 12.3 Å². The van der Waals surface area contributed by atoms with Crippen LogP contribution in [0.1, 0.15) is 33.3 Å². The molecule has 0 bridgehead atoms. The first kappa shape index (κ1) is 46.0. The number of hydrogen-bond donors (Lipinski definition) is 3. The van der Waals surface area contributed by atoms with Gasteiger partial charge in [0.05, 0.1) is 46.0 Å². The molecule has 0 aliphatic rings. The van der Waals surface area contributed by atoms with Crippen molar-refractivity contribution in [1.82, 2.24) is 0 Å². The molecule has 2 amide bonds. The smallest absolute Gasteiger partial charge is 0.744 e. The SMILES string of the molecule is COc1ccc(C)cc1NC(=O)C(Oc1ccc(N=Nc2c(SOO[O-])cc3cc(S(=O)(=O)[O-])cc(NC(C)=O)c3c2O)cc1)C(=O)C(C)(C)C.[Na+].[Na+]. The van der Waals surface area contributed by atoms with Gasteiger partial charge in [0.25, 0.3) is 5.91 Å². The monoisotopic (exact) mass is 786 g/mol. The number of fused-ring (bicyclic) bond motifs is 1. The molecule has 4 aromatic rings. The molecule has 1 unspecified atom stereocenters. The number of methoxy groups -OCH3 is 1. The number of phenolic OH excluding ortho intramolecular Hbond substituents is 1. The maximum absolute atomic E-state index is 13.4. The van der Waals surface area contributed by atoms with E-state index < -0.39 is 49.9 Å². The molecule has 270 valence electrons. The van der Waals surface area contributed by atoms with Crippen molar-refractivity contribution >= 4 is 73.3 Å². The second-order valence-corrected chi connectivity index (χ2v) is 14.1. The summed E-state index contributed by atoms with van der Waals surface area (Å²) in [5, 5.41) is 38.4. The first-order chi connectivity index (χ1) is 23.9. The van der Waals surface area contributed by atoms with E-state index in [9.17, 15) is 37.7 Å². The number of carbonyl (C=O) groups excluding carboxylic acids is 3. The molecule has 0 aliphatic carbocycles. The molecule has 4 rings (SSSR count). The molecule has 0 fully saturated rings. The van der Waals surface area contributed by atoms with Crippen LogP contribution in [0.2, 0.25) is 0 Å². The summed E-state index contributed by atoms with van der Waals surface area (Å²) in [6, 6.07) is 14.0. The fourth-order valence-electron chi connectivity index (χ4n) is 4.68. The van der Waals surface area contributed by atoms with E-state index in [-0.39, 0.29) is 97.6 Å². The Morgan fingerprint density at radius 2 is 1.60 bits per heavy atom. The molecule has 0 heterocycles. The van der Waals surface area contributed by atoms with Crippen molar-refractivity contribution in [2.45, 2.75) is 50.5 Å². The molecule has 0 saturated heterocycles. The molecule has 16 nitrogen and oxygen atoms in total. The summed E-state index contributed by atoms with van der Waals surface area (Å²) in [6.07, 6.45) is -1.55. The third kappa shape index (κ3) is 11.9. The molecule has 20 heteroatoms. The third-order valence-corrected chi connectivity index (χ3v) is 8.49. The molecule has 0 aliphatic heterocycles. The van der Waals surface area contributed by atoms with E-state index in [1.54, 1.807) is 39.0 Å². The van der Waals surface area contributed by atoms with Crippen LogP contribution < -0.4 is 84.5 Å². The maximum Gasteiger partial charge on any atom is 1.00 e. The van der Waals surface area contributed by atoms with E-state index in [2.05, 4.69) is 30.2 Å². The minimum Gasteiger partial charge on any atom is -0.744 e. The first-order valence-corrected chi connectivity index (χ1v) is 17.0. The van der Waals surface area contributed by atoms with Gasteiger partial charge in [0, 0.05) is 17.7 Å². The number of anilines is 2. The minimum absolute atomic E-state index is 0. The number of rotatable bonds is 13. The van der Waals surface area contributed by atoms with Crippen LogP contribution in [-0.2, 0) is 33.9 Å². The van der Waals surface area contributed by atoms with Crippen molar-refractivity contribution in [2.24, 2.45) is 15.6 Å². The number of nitrogens with one attached hydrogen (secondary N) is 2. The summed E-state index contributed by atoms with van der Waals surface area (Å²) in [4.78, 5) is 37.8. The maximum atomic E-state index is 13.4. The summed E-state index contributed by atoms with van der Waals surface area (Å²) >= 11 is 0.303. The number of hydrogen-bond acceptors (Lipinski definition) is 15. The number of nitrogens with zero attached hydrogens (tertiary/aromatic N) is 2. The standard InChI is InChI=1S/C33H34N4O12S2.2Na/c1-17-7-12-25(46-6)23(13-17)35-32(41)30(31(40)33(3,4)5)47-21-10-8-20(9-11-21)36-37-28-26(50-49-48-42)15-19-14-22(51(43,44)45)16-24(34-18(2)38)27(19)29(28)39;;/h7-16,30,39,42H,1-6H3,(H,34,38)(H,35,41)(H,43,44,45);;/q;2*+1/p-2. The van der Waals surface area contributed by atoms with Crippen LogP contribution in [0.4, 0.5) is 22.7 Å². The number of ether oxygens (including phenoxy) is 2. The number of ketones is 1. The Morgan fingerprint density at radius 3 is 2.17 bits per heavy atom. The average Bonchev–Trinajstić information content (AvgIpc) is 3.04. The van der Waals surface area contributed by atoms with Gasteiger partial charge in [-0.05, 0) is 72.5 Å². The first-order valence-electron chi connectivity index (χ1n) is 14.8.